The van der Waals surface area contributed by atoms with Crippen LogP contribution in [0.1, 0.15) is 28.8 Å². The number of fused-ring (bicyclic) bond motifs is 1. The summed E-state index contributed by atoms with van der Waals surface area (Å²) < 4.78 is 58.9. The fourth-order valence-electron chi connectivity index (χ4n) is 4.38. The van der Waals surface area contributed by atoms with Crippen LogP contribution in [0.4, 0.5) is 0 Å². The molecule has 0 saturated carbocycles. The van der Waals surface area contributed by atoms with E-state index in [0.717, 1.165) is 9.54 Å². The first-order chi connectivity index (χ1) is 19.0. The smallest absolute Gasteiger partial charge is 0.609 e. The second-order valence-corrected chi connectivity index (χ2v) is 12.0. The number of carbonyl (C=O) groups excluding carboxylic acids is 1. The average Bonchev–Trinajstić information content (AvgIpc) is 3.33. The Morgan fingerprint density at radius 2 is 1.78 bits per heavy atom. The van der Waals surface area contributed by atoms with Crippen molar-refractivity contribution in [3.8, 4) is 17.2 Å². The predicted molar refractivity (Wildman–Crippen MR) is 146 cm³/mol. The molecule has 1 atom stereocenters. The Bertz CT molecular complexity index is 1690. The van der Waals surface area contributed by atoms with E-state index in [-0.39, 0.29) is 69.2 Å². The summed E-state index contributed by atoms with van der Waals surface area (Å²) in [5.41, 5.74) is 2.81. The number of carbonyl (C=O) groups is 1. The summed E-state index contributed by atoms with van der Waals surface area (Å²) in [5, 5.41) is 10.9. The Morgan fingerprint density at radius 1 is 1.05 bits per heavy atom. The van der Waals surface area contributed by atoms with E-state index in [1.165, 1.54) is 45.6 Å². The van der Waals surface area contributed by atoms with Crippen molar-refractivity contribution in [3.05, 3.63) is 65.0 Å². The van der Waals surface area contributed by atoms with E-state index >= 15 is 0 Å². The van der Waals surface area contributed by atoms with E-state index in [9.17, 15) is 22.9 Å². The molecule has 41 heavy (non-hydrogen) atoms. The summed E-state index contributed by atoms with van der Waals surface area (Å²) >= 11 is -1.95. The van der Waals surface area contributed by atoms with Gasteiger partial charge in [-0.15, -0.1) is 0 Å². The van der Waals surface area contributed by atoms with E-state index < -0.39 is 27.2 Å². The van der Waals surface area contributed by atoms with Crippen LogP contribution in [0.5, 0.6) is 17.2 Å². The number of aliphatic carboxylic acids is 1. The SMILES string of the molecule is COc1ccc2c(c1)nc([S+]([O-])Cc1ncc(C)c(OC)c1C)n2S(=O)(=O)c1ccc(OC)c(CCC(=O)[O-])c1.[Na+]. The Hall–Kier alpha value is -2.81. The second kappa shape index (κ2) is 13.4. The van der Waals surface area contributed by atoms with Crippen molar-refractivity contribution >= 4 is 38.2 Å². The first kappa shape index (κ1) is 32.7. The number of hydrogen-bond acceptors (Lipinski definition) is 10. The number of aromatic nitrogens is 3. The second-order valence-electron chi connectivity index (χ2n) is 8.90. The van der Waals surface area contributed by atoms with Gasteiger partial charge in [0.05, 0.1) is 43.0 Å². The van der Waals surface area contributed by atoms with Gasteiger partial charge in [0.25, 0.3) is 10.0 Å². The van der Waals surface area contributed by atoms with Crippen LogP contribution in [0.25, 0.3) is 11.0 Å². The van der Waals surface area contributed by atoms with Crippen molar-refractivity contribution in [2.24, 2.45) is 0 Å². The largest absolute Gasteiger partial charge is 1.00 e. The van der Waals surface area contributed by atoms with E-state index in [4.69, 9.17) is 14.2 Å². The summed E-state index contributed by atoms with van der Waals surface area (Å²) in [5.74, 6) is -0.00656. The number of pyridine rings is 1. The maximum absolute atomic E-state index is 14.1. The Morgan fingerprint density at radius 3 is 2.41 bits per heavy atom. The summed E-state index contributed by atoms with van der Waals surface area (Å²) in [7, 11) is 0.0383. The van der Waals surface area contributed by atoms with Crippen molar-refractivity contribution in [2.45, 2.75) is 42.5 Å². The predicted octanol–water partition coefficient (Wildman–Crippen LogP) is -0.695. The number of imidazole rings is 1. The molecular weight excluding hydrogens is 581 g/mol. The number of carboxylic acid groups (broad SMARTS) is 1. The maximum atomic E-state index is 14.1. The molecule has 0 saturated heterocycles. The fourth-order valence-corrected chi connectivity index (χ4v) is 7.47. The zero-order valence-electron chi connectivity index (χ0n) is 23.6. The quantitative estimate of drug-likeness (QED) is 0.158. The molecule has 0 aliphatic heterocycles. The normalized spacial score (nSPS) is 12.0. The van der Waals surface area contributed by atoms with Crippen molar-refractivity contribution < 1.29 is 66.6 Å². The molecule has 4 rings (SSSR count). The monoisotopic (exact) mass is 609 g/mol. The van der Waals surface area contributed by atoms with E-state index in [0.29, 0.717) is 34.1 Å². The van der Waals surface area contributed by atoms with Crippen LogP contribution in [0.2, 0.25) is 0 Å². The standard InChI is InChI=1S/C27H29N3O8S2.Na/c1-16-14-28-22(17(2)26(16)38-5)15-39(33)27-29-21-13-19(36-3)7-9-23(21)30(27)40(34,35)20-8-10-24(37-4)18(12-20)6-11-25(31)32;/h7-10,12-14H,6,11,15H2,1-5H3,(H,31,32);/q;+1/p-1. The molecule has 0 spiro atoms. The van der Waals surface area contributed by atoms with Crippen LogP contribution in [-0.4, -0.2) is 54.2 Å². The molecule has 0 bridgehead atoms. The number of aryl methyl sites for hydroxylation is 2. The van der Waals surface area contributed by atoms with Crippen LogP contribution in [-0.2, 0) is 38.2 Å². The van der Waals surface area contributed by atoms with Crippen LogP contribution in [0, 0.1) is 13.8 Å². The molecule has 0 aliphatic carbocycles. The zero-order chi connectivity index (χ0) is 29.2. The van der Waals surface area contributed by atoms with Gasteiger partial charge in [0.1, 0.15) is 17.2 Å². The molecule has 2 aromatic carbocycles. The van der Waals surface area contributed by atoms with Gasteiger partial charge in [-0.1, -0.05) is 0 Å². The van der Waals surface area contributed by atoms with Gasteiger partial charge in [-0.3, -0.25) is 4.98 Å². The molecule has 2 aromatic heterocycles. The first-order valence-corrected chi connectivity index (χ1v) is 14.8. The number of carboxylic acids is 1. The molecule has 14 heteroatoms. The van der Waals surface area contributed by atoms with Gasteiger partial charge < -0.3 is 28.7 Å². The van der Waals surface area contributed by atoms with Gasteiger partial charge in [0, 0.05) is 40.5 Å². The molecule has 212 valence electrons. The van der Waals surface area contributed by atoms with Crippen molar-refractivity contribution in [2.75, 3.05) is 21.3 Å². The summed E-state index contributed by atoms with van der Waals surface area (Å²) in [6.07, 6.45) is 1.28. The van der Waals surface area contributed by atoms with Crippen LogP contribution in [0.15, 0.2) is 52.6 Å². The Balaban J connectivity index is 0.00000462. The van der Waals surface area contributed by atoms with Gasteiger partial charge in [-0.05, 0) is 62.6 Å². The summed E-state index contributed by atoms with van der Waals surface area (Å²) in [6, 6.07) is 8.80. The molecule has 0 radical (unpaired) electrons. The third kappa shape index (κ3) is 6.65. The Kier molecular flexibility index (Phi) is 10.7. The minimum absolute atomic E-state index is 0. The summed E-state index contributed by atoms with van der Waals surface area (Å²) in [4.78, 5) is 19.8. The number of nitrogens with zero attached hydrogens (tertiary/aromatic N) is 3. The van der Waals surface area contributed by atoms with Gasteiger partial charge in [-0.2, -0.15) is 8.96 Å². The van der Waals surface area contributed by atoms with Crippen molar-refractivity contribution in [1.82, 2.24) is 13.9 Å². The van der Waals surface area contributed by atoms with Gasteiger partial charge in [0.2, 0.25) is 0 Å². The molecule has 0 fully saturated rings. The van der Waals surface area contributed by atoms with E-state index in [1.54, 1.807) is 25.3 Å². The van der Waals surface area contributed by atoms with Gasteiger partial charge in [-0.25, -0.2) is 8.42 Å². The summed E-state index contributed by atoms with van der Waals surface area (Å²) in [6.45, 7) is 3.64. The maximum Gasteiger partial charge on any atom is 1.00 e. The molecular formula is C27H28N3NaO8S2. The van der Waals surface area contributed by atoms with Crippen LogP contribution in [0.3, 0.4) is 0 Å². The fraction of sp³-hybridized carbons (Fsp3) is 0.296. The van der Waals surface area contributed by atoms with E-state index in [1.807, 2.05) is 6.92 Å². The number of ether oxygens (including phenoxy) is 3. The molecule has 11 nitrogen and oxygen atoms in total. The molecule has 1 unspecified atom stereocenters. The first-order valence-electron chi connectivity index (χ1n) is 12.1. The number of hydrogen-bond donors (Lipinski definition) is 0. The molecule has 4 aromatic rings. The van der Waals surface area contributed by atoms with Crippen LogP contribution < -0.4 is 48.9 Å². The minimum Gasteiger partial charge on any atom is -0.609 e. The van der Waals surface area contributed by atoms with Crippen molar-refractivity contribution in [1.29, 1.82) is 0 Å². The third-order valence-electron chi connectivity index (χ3n) is 6.40. The Labute approximate surface area is 263 Å². The third-order valence-corrected chi connectivity index (χ3v) is 9.43. The minimum atomic E-state index is -4.37. The molecule has 2 heterocycles. The zero-order valence-corrected chi connectivity index (χ0v) is 27.2. The van der Waals surface area contributed by atoms with Gasteiger partial charge >= 0.3 is 34.7 Å². The number of benzene rings is 2. The van der Waals surface area contributed by atoms with Crippen molar-refractivity contribution in [3.63, 3.8) is 0 Å². The van der Waals surface area contributed by atoms with Gasteiger partial charge in [0.15, 0.2) is 5.75 Å². The molecule has 0 N–H and O–H groups in total. The number of rotatable bonds is 11. The molecule has 0 amide bonds. The molecule has 0 aliphatic rings. The van der Waals surface area contributed by atoms with Crippen LogP contribution >= 0.6 is 0 Å². The number of methoxy groups -OCH3 is 3. The average molecular weight is 610 g/mol. The topological polar surface area (TPSA) is 156 Å². The van der Waals surface area contributed by atoms with E-state index in [2.05, 4.69) is 9.97 Å².